The normalized spacial score (nSPS) is 12.6. The molecule has 23 heavy (non-hydrogen) atoms. The molecule has 0 aliphatic carbocycles. The Morgan fingerprint density at radius 3 is 2.87 bits per heavy atom. The van der Waals surface area contributed by atoms with Crippen LogP contribution in [0.5, 0.6) is 0 Å². The lowest BCUT2D eigenvalue weighted by molar-refractivity contribution is -0.116. The lowest BCUT2D eigenvalue weighted by Gasteiger charge is -2.04. The minimum atomic E-state index is -0.581. The molecule has 0 saturated heterocycles. The van der Waals surface area contributed by atoms with Crippen LogP contribution in [-0.4, -0.2) is 11.0 Å². The molecule has 1 amide bonds. The van der Waals surface area contributed by atoms with E-state index in [0.29, 0.717) is 6.54 Å². The summed E-state index contributed by atoms with van der Waals surface area (Å²) in [5.74, 6) is -0.120. The van der Waals surface area contributed by atoms with Crippen molar-refractivity contribution >= 4 is 46.0 Å². The fourth-order valence-electron chi connectivity index (χ4n) is 2.00. The standard InChI is InChI=1S/C17H15NO2S3/c19-16(6-3-12-7-9-21-11-12)18-10-13-4-5-15(23-13)17(20)14-2-1-8-22-14/h1-9,11,17,20H,10H2,(H,18,19)/b6-3+. The zero-order valence-electron chi connectivity index (χ0n) is 12.1. The summed E-state index contributed by atoms with van der Waals surface area (Å²) in [5.41, 5.74) is 1.03. The van der Waals surface area contributed by atoms with Crippen LogP contribution in [-0.2, 0) is 11.3 Å². The first kappa shape index (κ1) is 16.1. The summed E-state index contributed by atoms with van der Waals surface area (Å²) >= 11 is 4.66. The monoisotopic (exact) mass is 361 g/mol. The van der Waals surface area contributed by atoms with E-state index >= 15 is 0 Å². The van der Waals surface area contributed by atoms with Crippen LogP contribution in [0.3, 0.4) is 0 Å². The van der Waals surface area contributed by atoms with Gasteiger partial charge in [0.1, 0.15) is 6.10 Å². The number of aliphatic hydroxyl groups is 1. The number of carbonyl (C=O) groups excluding carboxylic acids is 1. The zero-order chi connectivity index (χ0) is 16.1. The van der Waals surface area contributed by atoms with E-state index in [1.54, 1.807) is 17.4 Å². The quantitative estimate of drug-likeness (QED) is 0.644. The Kier molecular flexibility index (Phi) is 5.40. The Morgan fingerprint density at radius 1 is 1.22 bits per heavy atom. The summed E-state index contributed by atoms with van der Waals surface area (Å²) in [6, 6.07) is 9.67. The van der Waals surface area contributed by atoms with Gasteiger partial charge in [0, 0.05) is 20.7 Å². The maximum atomic E-state index is 11.8. The van der Waals surface area contributed by atoms with Gasteiger partial charge in [-0.2, -0.15) is 11.3 Å². The molecule has 3 aromatic heterocycles. The molecular weight excluding hydrogens is 346 g/mol. The van der Waals surface area contributed by atoms with E-state index in [-0.39, 0.29) is 5.91 Å². The first-order chi connectivity index (χ1) is 11.2. The van der Waals surface area contributed by atoms with Crippen molar-refractivity contribution in [3.05, 3.63) is 72.7 Å². The Morgan fingerprint density at radius 2 is 2.13 bits per heavy atom. The molecule has 0 radical (unpaired) electrons. The summed E-state index contributed by atoms with van der Waals surface area (Å²) in [6.07, 6.45) is 2.76. The smallest absolute Gasteiger partial charge is 0.244 e. The second-order valence-electron chi connectivity index (χ2n) is 4.83. The molecular formula is C17H15NO2S3. The molecule has 0 aliphatic rings. The van der Waals surface area contributed by atoms with Crippen molar-refractivity contribution in [1.29, 1.82) is 0 Å². The molecule has 3 rings (SSSR count). The van der Waals surface area contributed by atoms with Crippen molar-refractivity contribution in [2.45, 2.75) is 12.6 Å². The third-order valence-electron chi connectivity index (χ3n) is 3.17. The van der Waals surface area contributed by atoms with Gasteiger partial charge in [0.15, 0.2) is 0 Å². The number of rotatable bonds is 6. The van der Waals surface area contributed by atoms with Gasteiger partial charge >= 0.3 is 0 Å². The van der Waals surface area contributed by atoms with Crippen LogP contribution in [0.2, 0.25) is 0 Å². The molecule has 0 aromatic carbocycles. The van der Waals surface area contributed by atoms with Crippen molar-refractivity contribution in [3.63, 3.8) is 0 Å². The van der Waals surface area contributed by atoms with Crippen LogP contribution in [0.25, 0.3) is 6.08 Å². The maximum Gasteiger partial charge on any atom is 0.244 e. The van der Waals surface area contributed by atoms with Crippen molar-refractivity contribution < 1.29 is 9.90 Å². The van der Waals surface area contributed by atoms with E-state index in [0.717, 1.165) is 20.2 Å². The SMILES string of the molecule is O=C(/C=C/c1ccsc1)NCc1ccc(C(O)c2cccs2)s1. The van der Waals surface area contributed by atoms with E-state index in [9.17, 15) is 9.90 Å². The van der Waals surface area contributed by atoms with Gasteiger partial charge in [0.05, 0.1) is 6.54 Å². The summed E-state index contributed by atoms with van der Waals surface area (Å²) < 4.78 is 0. The summed E-state index contributed by atoms with van der Waals surface area (Å²) in [7, 11) is 0. The Balaban J connectivity index is 1.54. The lowest BCUT2D eigenvalue weighted by Crippen LogP contribution is -2.19. The molecule has 3 aromatic rings. The molecule has 0 spiro atoms. The maximum absolute atomic E-state index is 11.8. The van der Waals surface area contributed by atoms with Crippen LogP contribution >= 0.6 is 34.0 Å². The first-order valence-corrected chi connectivity index (χ1v) is 9.64. The number of hydrogen-bond donors (Lipinski definition) is 2. The van der Waals surface area contributed by atoms with Gasteiger partial charge < -0.3 is 10.4 Å². The van der Waals surface area contributed by atoms with E-state index < -0.39 is 6.10 Å². The number of hydrogen-bond acceptors (Lipinski definition) is 5. The third kappa shape index (κ3) is 4.39. The van der Waals surface area contributed by atoms with Gasteiger partial charge in [0.2, 0.25) is 5.91 Å². The topological polar surface area (TPSA) is 49.3 Å². The van der Waals surface area contributed by atoms with E-state index in [1.165, 1.54) is 28.7 Å². The van der Waals surface area contributed by atoms with Crippen molar-refractivity contribution in [2.24, 2.45) is 0 Å². The molecule has 6 heteroatoms. The molecule has 0 bridgehead atoms. The van der Waals surface area contributed by atoms with Gasteiger partial charge in [-0.15, -0.1) is 22.7 Å². The predicted octanol–water partition coefficient (Wildman–Crippen LogP) is 4.28. The molecule has 0 fully saturated rings. The number of amides is 1. The fourth-order valence-corrected chi connectivity index (χ4v) is 4.39. The second-order valence-corrected chi connectivity index (χ2v) is 7.79. The second kappa shape index (κ2) is 7.70. The largest absolute Gasteiger partial charge is 0.382 e. The summed E-state index contributed by atoms with van der Waals surface area (Å²) in [4.78, 5) is 14.6. The fraction of sp³-hybridized carbons (Fsp3) is 0.118. The molecule has 2 N–H and O–H groups in total. The molecule has 3 nitrogen and oxygen atoms in total. The summed E-state index contributed by atoms with van der Waals surface area (Å²) in [5, 5.41) is 19.1. The highest BCUT2D eigenvalue weighted by molar-refractivity contribution is 7.13. The highest BCUT2D eigenvalue weighted by Crippen LogP contribution is 2.30. The number of aliphatic hydroxyl groups excluding tert-OH is 1. The van der Waals surface area contributed by atoms with Gasteiger partial charge in [-0.25, -0.2) is 0 Å². The van der Waals surface area contributed by atoms with Crippen molar-refractivity contribution in [1.82, 2.24) is 5.32 Å². The van der Waals surface area contributed by atoms with Gasteiger partial charge in [-0.3, -0.25) is 4.79 Å². The van der Waals surface area contributed by atoms with Crippen LogP contribution in [0.1, 0.15) is 26.3 Å². The van der Waals surface area contributed by atoms with Gasteiger partial charge in [-0.1, -0.05) is 6.07 Å². The van der Waals surface area contributed by atoms with Gasteiger partial charge in [-0.05, 0) is 52.0 Å². The molecule has 118 valence electrons. The van der Waals surface area contributed by atoms with Crippen LogP contribution < -0.4 is 5.32 Å². The third-order valence-corrected chi connectivity index (χ3v) is 5.94. The van der Waals surface area contributed by atoms with E-state index in [4.69, 9.17) is 0 Å². The molecule has 3 heterocycles. The number of carbonyl (C=O) groups is 1. The van der Waals surface area contributed by atoms with Crippen LogP contribution in [0, 0.1) is 0 Å². The van der Waals surface area contributed by atoms with Crippen molar-refractivity contribution in [3.8, 4) is 0 Å². The Bertz CT molecular complexity index is 773. The predicted molar refractivity (Wildman–Crippen MR) is 97.9 cm³/mol. The molecule has 1 atom stereocenters. The molecule has 1 unspecified atom stereocenters. The minimum absolute atomic E-state index is 0.120. The lowest BCUT2D eigenvalue weighted by atomic mass is 10.2. The average molecular weight is 362 g/mol. The zero-order valence-corrected chi connectivity index (χ0v) is 14.6. The van der Waals surface area contributed by atoms with E-state index in [2.05, 4.69) is 5.32 Å². The summed E-state index contributed by atoms with van der Waals surface area (Å²) in [6.45, 7) is 0.467. The Hall–Kier alpha value is -1.73. The van der Waals surface area contributed by atoms with Gasteiger partial charge in [0.25, 0.3) is 0 Å². The average Bonchev–Trinajstić information content (AvgIpc) is 3.33. The number of thiophene rings is 3. The number of nitrogens with one attached hydrogen (secondary N) is 1. The highest BCUT2D eigenvalue weighted by Gasteiger charge is 2.13. The minimum Gasteiger partial charge on any atom is -0.382 e. The van der Waals surface area contributed by atoms with Crippen LogP contribution in [0.15, 0.2) is 52.5 Å². The molecule has 0 aliphatic heterocycles. The first-order valence-electron chi connectivity index (χ1n) is 7.00. The van der Waals surface area contributed by atoms with Crippen molar-refractivity contribution in [2.75, 3.05) is 0 Å². The van der Waals surface area contributed by atoms with E-state index in [1.807, 2.05) is 46.5 Å². The molecule has 0 saturated carbocycles. The highest BCUT2D eigenvalue weighted by atomic mass is 32.1. The van der Waals surface area contributed by atoms with Crippen LogP contribution in [0.4, 0.5) is 0 Å². The Labute approximate surface area is 146 Å².